The van der Waals surface area contributed by atoms with Gasteiger partial charge in [-0.25, -0.2) is 0 Å². The van der Waals surface area contributed by atoms with Gasteiger partial charge >= 0.3 is 0 Å². The monoisotopic (exact) mass is 294 g/mol. The topological polar surface area (TPSA) is 73.6 Å². The number of benzene rings is 1. The number of rotatable bonds is 9. The Bertz CT molecular complexity index is 447. The molecule has 118 valence electrons. The zero-order chi connectivity index (χ0) is 15.7. The molecule has 0 aliphatic rings. The number of hydrogen-bond donors (Lipinski definition) is 2. The molecule has 5 heteroatoms. The second-order valence-electron chi connectivity index (χ2n) is 5.24. The Morgan fingerprint density at radius 1 is 1.33 bits per heavy atom. The summed E-state index contributed by atoms with van der Waals surface area (Å²) in [4.78, 5) is 11.9. The van der Waals surface area contributed by atoms with E-state index in [4.69, 9.17) is 15.2 Å². The lowest BCUT2D eigenvalue weighted by molar-refractivity contribution is 0.0906. The summed E-state index contributed by atoms with van der Waals surface area (Å²) in [5.74, 6) is 1.08. The number of ether oxygens (including phenoxy) is 2. The van der Waals surface area contributed by atoms with Crippen molar-refractivity contribution in [1.82, 2.24) is 5.32 Å². The van der Waals surface area contributed by atoms with Crippen LogP contribution in [0.5, 0.6) is 5.75 Å². The molecular weight excluding hydrogens is 268 g/mol. The van der Waals surface area contributed by atoms with Crippen LogP contribution in [0.25, 0.3) is 0 Å². The summed E-state index contributed by atoms with van der Waals surface area (Å²) >= 11 is 0. The minimum Gasteiger partial charge on any atom is -0.492 e. The second kappa shape index (κ2) is 9.23. The van der Waals surface area contributed by atoms with Gasteiger partial charge in [0.2, 0.25) is 0 Å². The first-order valence-corrected chi connectivity index (χ1v) is 7.42. The van der Waals surface area contributed by atoms with Crippen LogP contribution in [0.3, 0.4) is 0 Å². The number of nitrogen functional groups attached to an aromatic ring is 1. The van der Waals surface area contributed by atoms with Gasteiger partial charge in [0.15, 0.2) is 0 Å². The Labute approximate surface area is 126 Å². The quantitative estimate of drug-likeness (QED) is 0.542. The summed E-state index contributed by atoms with van der Waals surface area (Å²) in [6.45, 7) is 8.48. The minimum absolute atomic E-state index is 0.155. The molecule has 0 aliphatic heterocycles. The van der Waals surface area contributed by atoms with Gasteiger partial charge in [-0.2, -0.15) is 0 Å². The van der Waals surface area contributed by atoms with Crippen LogP contribution in [0.1, 0.15) is 37.6 Å². The maximum atomic E-state index is 11.9. The molecule has 0 saturated carbocycles. The number of carbonyl (C=O) groups is 1. The summed E-state index contributed by atoms with van der Waals surface area (Å²) in [5, 5.41) is 2.81. The molecule has 0 unspecified atom stereocenters. The van der Waals surface area contributed by atoms with E-state index in [1.54, 1.807) is 18.2 Å². The van der Waals surface area contributed by atoms with Crippen LogP contribution in [0.15, 0.2) is 18.2 Å². The van der Waals surface area contributed by atoms with E-state index < -0.39 is 0 Å². The minimum atomic E-state index is -0.155. The van der Waals surface area contributed by atoms with Gasteiger partial charge in [0, 0.05) is 18.7 Å². The van der Waals surface area contributed by atoms with E-state index in [1.165, 1.54) is 0 Å². The van der Waals surface area contributed by atoms with Gasteiger partial charge in [0.1, 0.15) is 5.75 Å². The van der Waals surface area contributed by atoms with E-state index in [1.807, 2.05) is 6.92 Å². The third kappa shape index (κ3) is 6.49. The molecule has 1 amide bonds. The van der Waals surface area contributed by atoms with Crippen molar-refractivity contribution in [1.29, 1.82) is 0 Å². The van der Waals surface area contributed by atoms with Crippen LogP contribution in [-0.2, 0) is 4.74 Å². The first-order chi connectivity index (χ1) is 10.0. The number of carbonyl (C=O) groups excluding carboxylic acids is 1. The molecule has 0 atom stereocenters. The van der Waals surface area contributed by atoms with Gasteiger partial charge in [-0.05, 0) is 37.5 Å². The van der Waals surface area contributed by atoms with Crippen molar-refractivity contribution in [3.8, 4) is 5.75 Å². The van der Waals surface area contributed by atoms with Gasteiger partial charge in [-0.1, -0.05) is 13.8 Å². The van der Waals surface area contributed by atoms with Gasteiger partial charge in [-0.3, -0.25) is 4.79 Å². The highest BCUT2D eigenvalue weighted by atomic mass is 16.5. The van der Waals surface area contributed by atoms with Crippen LogP contribution in [0, 0.1) is 5.92 Å². The predicted octanol–water partition coefficient (Wildman–Crippen LogP) is 2.46. The van der Waals surface area contributed by atoms with Crippen LogP contribution >= 0.6 is 0 Å². The molecule has 0 heterocycles. The van der Waals surface area contributed by atoms with Crippen molar-refractivity contribution in [3.05, 3.63) is 23.8 Å². The first-order valence-electron chi connectivity index (χ1n) is 7.42. The van der Waals surface area contributed by atoms with Crippen LogP contribution in [-0.4, -0.2) is 32.3 Å². The lowest BCUT2D eigenvalue weighted by atomic mass is 10.1. The van der Waals surface area contributed by atoms with Crippen LogP contribution < -0.4 is 15.8 Å². The molecule has 0 aliphatic carbocycles. The van der Waals surface area contributed by atoms with Crippen molar-refractivity contribution < 1.29 is 14.3 Å². The summed E-state index contributed by atoms with van der Waals surface area (Å²) < 4.78 is 10.8. The molecule has 3 N–H and O–H groups in total. The fourth-order valence-corrected chi connectivity index (χ4v) is 1.74. The van der Waals surface area contributed by atoms with Crippen molar-refractivity contribution in [2.75, 3.05) is 32.1 Å². The van der Waals surface area contributed by atoms with Gasteiger partial charge in [0.25, 0.3) is 5.91 Å². The Hall–Kier alpha value is -1.75. The standard InChI is InChI=1S/C16H26N2O3/c1-4-21-15-6-5-13(11-14(15)17)16(19)18-8-10-20-9-7-12(2)3/h5-6,11-12H,4,7-10,17H2,1-3H3,(H,18,19). The highest BCUT2D eigenvalue weighted by Crippen LogP contribution is 2.22. The number of hydrogen-bond acceptors (Lipinski definition) is 4. The molecule has 0 bridgehead atoms. The zero-order valence-electron chi connectivity index (χ0n) is 13.1. The Balaban J connectivity index is 2.33. The molecule has 5 nitrogen and oxygen atoms in total. The smallest absolute Gasteiger partial charge is 0.251 e. The van der Waals surface area contributed by atoms with Crippen molar-refractivity contribution in [2.24, 2.45) is 5.92 Å². The van der Waals surface area contributed by atoms with E-state index in [-0.39, 0.29) is 5.91 Å². The fourth-order valence-electron chi connectivity index (χ4n) is 1.74. The zero-order valence-corrected chi connectivity index (χ0v) is 13.1. The van der Waals surface area contributed by atoms with E-state index in [0.29, 0.717) is 42.7 Å². The highest BCUT2D eigenvalue weighted by molar-refractivity contribution is 5.95. The van der Waals surface area contributed by atoms with Gasteiger partial charge in [-0.15, -0.1) is 0 Å². The Morgan fingerprint density at radius 3 is 2.71 bits per heavy atom. The molecule has 1 aromatic rings. The summed E-state index contributed by atoms with van der Waals surface area (Å²) in [7, 11) is 0. The average molecular weight is 294 g/mol. The van der Waals surface area contributed by atoms with Crippen molar-refractivity contribution in [3.63, 3.8) is 0 Å². The maximum absolute atomic E-state index is 11.9. The molecular formula is C16H26N2O3. The number of nitrogens with one attached hydrogen (secondary N) is 1. The first kappa shape index (κ1) is 17.3. The van der Waals surface area contributed by atoms with E-state index in [9.17, 15) is 4.79 Å². The molecule has 0 spiro atoms. The lowest BCUT2D eigenvalue weighted by Crippen LogP contribution is -2.27. The summed E-state index contributed by atoms with van der Waals surface area (Å²) in [6.07, 6.45) is 1.03. The van der Waals surface area contributed by atoms with Crippen LogP contribution in [0.4, 0.5) is 5.69 Å². The normalized spacial score (nSPS) is 10.7. The number of amides is 1. The van der Waals surface area contributed by atoms with Gasteiger partial charge in [0.05, 0.1) is 18.9 Å². The largest absolute Gasteiger partial charge is 0.492 e. The SMILES string of the molecule is CCOc1ccc(C(=O)NCCOCCC(C)C)cc1N. The molecule has 0 fully saturated rings. The molecule has 0 radical (unpaired) electrons. The van der Waals surface area contributed by atoms with E-state index >= 15 is 0 Å². The van der Waals surface area contributed by atoms with Crippen LogP contribution in [0.2, 0.25) is 0 Å². The molecule has 1 aromatic carbocycles. The van der Waals surface area contributed by atoms with Crippen molar-refractivity contribution in [2.45, 2.75) is 27.2 Å². The molecule has 21 heavy (non-hydrogen) atoms. The lowest BCUT2D eigenvalue weighted by Gasteiger charge is -2.10. The van der Waals surface area contributed by atoms with E-state index in [2.05, 4.69) is 19.2 Å². The molecule has 0 saturated heterocycles. The van der Waals surface area contributed by atoms with Gasteiger partial charge < -0.3 is 20.5 Å². The Kier molecular flexibility index (Phi) is 7.61. The third-order valence-corrected chi connectivity index (χ3v) is 2.94. The summed E-state index contributed by atoms with van der Waals surface area (Å²) in [6, 6.07) is 5.04. The Morgan fingerprint density at radius 2 is 2.10 bits per heavy atom. The fraction of sp³-hybridized carbons (Fsp3) is 0.562. The van der Waals surface area contributed by atoms with E-state index in [0.717, 1.165) is 13.0 Å². The maximum Gasteiger partial charge on any atom is 0.251 e. The summed E-state index contributed by atoms with van der Waals surface area (Å²) in [5.41, 5.74) is 6.83. The molecule has 1 rings (SSSR count). The average Bonchev–Trinajstić information content (AvgIpc) is 2.44. The number of nitrogens with two attached hydrogens (primary N) is 1. The third-order valence-electron chi connectivity index (χ3n) is 2.94. The molecule has 0 aromatic heterocycles. The predicted molar refractivity (Wildman–Crippen MR) is 84.6 cm³/mol. The van der Waals surface area contributed by atoms with Crippen molar-refractivity contribution >= 4 is 11.6 Å². The highest BCUT2D eigenvalue weighted by Gasteiger charge is 2.08. The number of anilines is 1. The second-order valence-corrected chi connectivity index (χ2v) is 5.24.